The summed E-state index contributed by atoms with van der Waals surface area (Å²) < 4.78 is 4.27. The van der Waals surface area contributed by atoms with Crippen molar-refractivity contribution in [1.82, 2.24) is 5.32 Å². The van der Waals surface area contributed by atoms with Gasteiger partial charge in [-0.1, -0.05) is 0 Å². The number of aliphatic hydroxyl groups excluding tert-OH is 2. The maximum absolute atomic E-state index is 10.5. The Balaban J connectivity index is 3.67. The van der Waals surface area contributed by atoms with Crippen LogP contribution in [0.15, 0.2) is 0 Å². The molecule has 0 aliphatic rings. The fourth-order valence-electron chi connectivity index (χ4n) is 0.499. The summed E-state index contributed by atoms with van der Waals surface area (Å²) >= 11 is 0. The molecule has 0 radical (unpaired) electrons. The molecule has 5 heteroatoms. The number of methoxy groups -OCH3 is 1. The number of carbonyl (C=O) groups excluding carboxylic acids is 1. The van der Waals surface area contributed by atoms with Crippen molar-refractivity contribution in [2.75, 3.05) is 13.7 Å². The van der Waals surface area contributed by atoms with Crippen LogP contribution in [0.1, 0.15) is 6.92 Å². The molecule has 11 heavy (non-hydrogen) atoms. The Morgan fingerprint density at radius 1 is 1.73 bits per heavy atom. The first kappa shape index (κ1) is 10.2. The van der Waals surface area contributed by atoms with E-state index in [0.29, 0.717) is 0 Å². The van der Waals surface area contributed by atoms with E-state index in [1.54, 1.807) is 6.92 Å². The predicted molar refractivity (Wildman–Crippen MR) is 38.1 cm³/mol. The van der Waals surface area contributed by atoms with Crippen molar-refractivity contribution in [3.05, 3.63) is 0 Å². The Labute approximate surface area is 65.0 Å². The lowest BCUT2D eigenvalue weighted by atomic mass is 10.2. The van der Waals surface area contributed by atoms with Crippen LogP contribution in [-0.2, 0) is 4.74 Å². The molecule has 0 saturated heterocycles. The SMILES string of the molecule is COC(=O)N[C@H](C)[C@H](O)CO. The molecular weight excluding hydrogens is 150 g/mol. The van der Waals surface area contributed by atoms with Gasteiger partial charge in [0.1, 0.15) is 0 Å². The second kappa shape index (κ2) is 4.92. The number of rotatable bonds is 3. The minimum Gasteiger partial charge on any atom is -0.453 e. The topological polar surface area (TPSA) is 78.8 Å². The van der Waals surface area contributed by atoms with Crippen molar-refractivity contribution in [2.24, 2.45) is 0 Å². The van der Waals surface area contributed by atoms with Crippen LogP contribution >= 0.6 is 0 Å². The summed E-state index contributed by atoms with van der Waals surface area (Å²) in [4.78, 5) is 10.5. The number of carbonyl (C=O) groups is 1. The molecule has 1 amide bonds. The molecular formula is C6H13NO4. The lowest BCUT2D eigenvalue weighted by Gasteiger charge is -2.16. The van der Waals surface area contributed by atoms with E-state index in [0.717, 1.165) is 0 Å². The van der Waals surface area contributed by atoms with Crippen molar-refractivity contribution in [2.45, 2.75) is 19.1 Å². The summed E-state index contributed by atoms with van der Waals surface area (Å²) in [7, 11) is 1.23. The average Bonchev–Trinajstić information content (AvgIpc) is 2.02. The second-order valence-corrected chi connectivity index (χ2v) is 2.17. The minimum atomic E-state index is -0.950. The summed E-state index contributed by atoms with van der Waals surface area (Å²) in [6.07, 6.45) is -1.57. The van der Waals surface area contributed by atoms with Crippen LogP contribution in [0.25, 0.3) is 0 Å². The molecule has 2 atom stereocenters. The highest BCUT2D eigenvalue weighted by Gasteiger charge is 2.14. The van der Waals surface area contributed by atoms with Gasteiger partial charge in [0.2, 0.25) is 0 Å². The summed E-state index contributed by atoms with van der Waals surface area (Å²) in [6, 6.07) is -0.507. The van der Waals surface area contributed by atoms with E-state index in [-0.39, 0.29) is 6.61 Å². The Kier molecular flexibility index (Phi) is 4.56. The number of hydrogen-bond acceptors (Lipinski definition) is 4. The van der Waals surface area contributed by atoms with Crippen molar-refractivity contribution in [1.29, 1.82) is 0 Å². The monoisotopic (exact) mass is 163 g/mol. The van der Waals surface area contributed by atoms with Crippen molar-refractivity contribution < 1.29 is 19.7 Å². The Morgan fingerprint density at radius 2 is 2.27 bits per heavy atom. The van der Waals surface area contributed by atoms with Gasteiger partial charge in [0.05, 0.1) is 25.9 Å². The average molecular weight is 163 g/mol. The Bertz CT molecular complexity index is 128. The van der Waals surface area contributed by atoms with Crippen molar-refractivity contribution >= 4 is 6.09 Å². The van der Waals surface area contributed by atoms with Crippen LogP contribution in [0.2, 0.25) is 0 Å². The third-order valence-electron chi connectivity index (χ3n) is 1.30. The van der Waals surface area contributed by atoms with Crippen molar-refractivity contribution in [3.8, 4) is 0 Å². The molecule has 0 rings (SSSR count). The zero-order chi connectivity index (χ0) is 8.85. The van der Waals surface area contributed by atoms with E-state index in [4.69, 9.17) is 10.2 Å². The lowest BCUT2D eigenvalue weighted by Crippen LogP contribution is -2.42. The predicted octanol–water partition coefficient (Wildman–Crippen LogP) is -0.916. The zero-order valence-electron chi connectivity index (χ0n) is 6.57. The second-order valence-electron chi connectivity index (χ2n) is 2.17. The van der Waals surface area contributed by atoms with Gasteiger partial charge in [0.15, 0.2) is 0 Å². The molecule has 0 fully saturated rings. The van der Waals surface area contributed by atoms with Gasteiger partial charge in [-0.25, -0.2) is 4.79 Å². The minimum absolute atomic E-state index is 0.384. The number of amides is 1. The van der Waals surface area contributed by atoms with Gasteiger partial charge < -0.3 is 20.3 Å². The van der Waals surface area contributed by atoms with Gasteiger partial charge in [-0.15, -0.1) is 0 Å². The van der Waals surface area contributed by atoms with E-state index in [1.807, 2.05) is 0 Å². The molecule has 0 aliphatic heterocycles. The maximum atomic E-state index is 10.5. The molecule has 0 unspecified atom stereocenters. The largest absolute Gasteiger partial charge is 0.453 e. The summed E-state index contributed by atoms with van der Waals surface area (Å²) in [5, 5.41) is 19.7. The fraction of sp³-hybridized carbons (Fsp3) is 0.833. The number of hydrogen-bond donors (Lipinski definition) is 3. The van der Waals surface area contributed by atoms with Gasteiger partial charge >= 0.3 is 6.09 Å². The first-order valence-corrected chi connectivity index (χ1v) is 3.25. The van der Waals surface area contributed by atoms with Gasteiger partial charge in [-0.3, -0.25) is 0 Å². The summed E-state index contributed by atoms with van der Waals surface area (Å²) in [5.74, 6) is 0. The highest BCUT2D eigenvalue weighted by molar-refractivity contribution is 5.67. The molecule has 0 aliphatic carbocycles. The quantitative estimate of drug-likeness (QED) is 0.503. The highest BCUT2D eigenvalue weighted by atomic mass is 16.5. The molecule has 0 aromatic heterocycles. The lowest BCUT2D eigenvalue weighted by molar-refractivity contribution is 0.0657. The Morgan fingerprint density at radius 3 is 2.64 bits per heavy atom. The number of alkyl carbamates (subject to hydrolysis) is 1. The third-order valence-corrected chi connectivity index (χ3v) is 1.30. The van der Waals surface area contributed by atoms with E-state index in [2.05, 4.69) is 10.1 Å². The van der Waals surface area contributed by atoms with E-state index >= 15 is 0 Å². The van der Waals surface area contributed by atoms with Gasteiger partial charge in [-0.2, -0.15) is 0 Å². The van der Waals surface area contributed by atoms with Gasteiger partial charge in [0.25, 0.3) is 0 Å². The first-order valence-electron chi connectivity index (χ1n) is 3.25. The Hall–Kier alpha value is -0.810. The van der Waals surface area contributed by atoms with Crippen LogP contribution in [0.3, 0.4) is 0 Å². The third kappa shape index (κ3) is 3.79. The first-order chi connectivity index (χ1) is 5.11. The molecule has 3 N–H and O–H groups in total. The number of aliphatic hydroxyl groups is 2. The van der Waals surface area contributed by atoms with Gasteiger partial charge in [-0.05, 0) is 6.92 Å². The van der Waals surface area contributed by atoms with Crippen LogP contribution in [0, 0.1) is 0 Å². The molecule has 0 aromatic rings. The molecule has 0 heterocycles. The fourth-order valence-corrected chi connectivity index (χ4v) is 0.499. The zero-order valence-corrected chi connectivity index (χ0v) is 6.57. The molecule has 0 aromatic carbocycles. The summed E-state index contributed by atoms with van der Waals surface area (Å²) in [6.45, 7) is 1.18. The number of ether oxygens (including phenoxy) is 1. The van der Waals surface area contributed by atoms with Crippen LogP contribution in [-0.4, -0.2) is 42.2 Å². The van der Waals surface area contributed by atoms with E-state index < -0.39 is 18.2 Å². The molecule has 0 saturated carbocycles. The molecule has 0 spiro atoms. The van der Waals surface area contributed by atoms with Crippen LogP contribution < -0.4 is 5.32 Å². The smallest absolute Gasteiger partial charge is 0.407 e. The maximum Gasteiger partial charge on any atom is 0.407 e. The molecule has 5 nitrogen and oxygen atoms in total. The van der Waals surface area contributed by atoms with Crippen LogP contribution in [0.5, 0.6) is 0 Å². The number of nitrogens with one attached hydrogen (secondary N) is 1. The normalized spacial score (nSPS) is 15.3. The van der Waals surface area contributed by atoms with E-state index in [9.17, 15) is 4.79 Å². The standard InChI is InChI=1S/C6H13NO4/c1-4(5(9)3-8)7-6(10)11-2/h4-5,8-9H,3H2,1-2H3,(H,7,10)/t4-,5-/m1/s1. The van der Waals surface area contributed by atoms with E-state index in [1.165, 1.54) is 7.11 Å². The molecule has 0 bridgehead atoms. The summed E-state index contributed by atoms with van der Waals surface area (Å²) in [5.41, 5.74) is 0. The highest BCUT2D eigenvalue weighted by Crippen LogP contribution is 1.91. The van der Waals surface area contributed by atoms with Crippen LogP contribution in [0.4, 0.5) is 4.79 Å². The van der Waals surface area contributed by atoms with Crippen molar-refractivity contribution in [3.63, 3.8) is 0 Å². The van der Waals surface area contributed by atoms with Gasteiger partial charge in [0, 0.05) is 0 Å². The molecule has 66 valence electrons.